The first-order valence-corrected chi connectivity index (χ1v) is 7.55. The number of aliphatic hydroxyl groups is 5. The number of hydrogen-bond donors (Lipinski definition) is 7. The van der Waals surface area contributed by atoms with Crippen molar-refractivity contribution in [2.24, 2.45) is 11.5 Å². The first-order valence-electron chi connectivity index (χ1n) is 7.55. The largest absolute Gasteiger partial charge is 0.394 e. The second-order valence-electron chi connectivity index (χ2n) is 6.01. The van der Waals surface area contributed by atoms with Crippen LogP contribution in [0.1, 0.15) is 6.92 Å². The highest BCUT2D eigenvalue weighted by Crippen LogP contribution is 2.27. The van der Waals surface area contributed by atoms with Gasteiger partial charge in [0.2, 0.25) is 0 Å². The Bertz CT molecular complexity index is 385. The van der Waals surface area contributed by atoms with E-state index in [-0.39, 0.29) is 0 Å². The van der Waals surface area contributed by atoms with Crippen LogP contribution < -0.4 is 11.5 Å². The molecule has 10 nitrogen and oxygen atoms in total. The van der Waals surface area contributed by atoms with E-state index in [9.17, 15) is 25.5 Å². The first-order chi connectivity index (χ1) is 10.8. The molecular weight excluding hydrogens is 312 g/mol. The molecule has 0 aromatic rings. The average molecular weight is 338 g/mol. The lowest BCUT2D eigenvalue weighted by Crippen LogP contribution is -2.67. The Labute approximate surface area is 133 Å². The van der Waals surface area contributed by atoms with E-state index in [0.29, 0.717) is 0 Å². The minimum Gasteiger partial charge on any atom is -0.394 e. The molecule has 0 spiro atoms. The highest BCUT2D eigenvalue weighted by Gasteiger charge is 2.48. The molecular formula is C13H26N2O8. The van der Waals surface area contributed by atoms with Crippen molar-refractivity contribution in [1.29, 1.82) is 0 Å². The Kier molecular flexibility index (Phi) is 6.30. The van der Waals surface area contributed by atoms with Gasteiger partial charge >= 0.3 is 0 Å². The van der Waals surface area contributed by atoms with E-state index in [4.69, 9.17) is 25.7 Å². The fourth-order valence-electron chi connectivity index (χ4n) is 2.86. The maximum absolute atomic E-state index is 10.3. The van der Waals surface area contributed by atoms with Gasteiger partial charge in [0.05, 0.1) is 31.4 Å². The number of nitrogens with two attached hydrogens (primary N) is 2. The lowest BCUT2D eigenvalue weighted by Gasteiger charge is -2.46. The number of hydrogen-bond acceptors (Lipinski definition) is 10. The van der Waals surface area contributed by atoms with Crippen LogP contribution in [0.25, 0.3) is 0 Å². The summed E-state index contributed by atoms with van der Waals surface area (Å²) < 4.78 is 16.4. The summed E-state index contributed by atoms with van der Waals surface area (Å²) in [4.78, 5) is 0. The van der Waals surface area contributed by atoms with E-state index in [1.165, 1.54) is 0 Å². The van der Waals surface area contributed by atoms with Crippen molar-refractivity contribution in [2.75, 3.05) is 13.2 Å². The van der Waals surface area contributed by atoms with E-state index in [1.807, 2.05) is 0 Å². The smallest absolute Gasteiger partial charge is 0.176 e. The highest BCUT2D eigenvalue weighted by molar-refractivity contribution is 4.96. The van der Waals surface area contributed by atoms with E-state index in [0.717, 1.165) is 0 Å². The molecule has 10 heteroatoms. The molecule has 0 saturated carbocycles. The molecule has 9 N–H and O–H groups in total. The molecule has 7 unspecified atom stereocenters. The topological polar surface area (TPSA) is 181 Å². The number of ether oxygens (including phenoxy) is 3. The second-order valence-corrected chi connectivity index (χ2v) is 6.01. The van der Waals surface area contributed by atoms with Crippen molar-refractivity contribution in [1.82, 2.24) is 0 Å². The summed E-state index contributed by atoms with van der Waals surface area (Å²) in [6, 6.07) is -1.86. The molecule has 136 valence electrons. The summed E-state index contributed by atoms with van der Waals surface area (Å²) in [7, 11) is 0. The quantitative estimate of drug-likeness (QED) is 0.264. The monoisotopic (exact) mass is 338 g/mol. The molecule has 0 radical (unpaired) electrons. The molecule has 2 saturated heterocycles. The molecule has 0 amide bonds. The van der Waals surface area contributed by atoms with Crippen molar-refractivity contribution in [2.45, 2.75) is 68.0 Å². The Hall–Kier alpha value is -0.400. The van der Waals surface area contributed by atoms with Gasteiger partial charge in [-0.15, -0.1) is 0 Å². The van der Waals surface area contributed by atoms with Gasteiger partial charge in [-0.1, -0.05) is 0 Å². The first kappa shape index (κ1) is 18.9. The van der Waals surface area contributed by atoms with Crippen LogP contribution in [-0.2, 0) is 14.2 Å². The molecule has 2 aliphatic rings. The standard InChI is InChI=1S/C13H26N2O8/c1-4-7(14)11(20)12(6(3-17)21-4)23-13-8(15)10(19)9(18)5(2-16)22-13/h4-13,16-20H,2-3,14-15H2,1H3/t4?,5?,6?,7?,8?,9-,10?,11?,12-,13+/m1/s1. The van der Waals surface area contributed by atoms with Crippen LogP contribution in [0.15, 0.2) is 0 Å². The molecule has 0 aromatic carbocycles. The maximum atomic E-state index is 10.3. The van der Waals surface area contributed by atoms with Gasteiger partial charge in [0.25, 0.3) is 0 Å². The van der Waals surface area contributed by atoms with E-state index >= 15 is 0 Å². The van der Waals surface area contributed by atoms with Crippen LogP contribution in [0.5, 0.6) is 0 Å². The minimum absolute atomic E-state index is 0.421. The molecule has 2 heterocycles. The predicted octanol–water partition coefficient (Wildman–Crippen LogP) is -4.39. The molecule has 23 heavy (non-hydrogen) atoms. The van der Waals surface area contributed by atoms with Gasteiger partial charge in [0.1, 0.15) is 36.6 Å². The predicted molar refractivity (Wildman–Crippen MR) is 76.0 cm³/mol. The van der Waals surface area contributed by atoms with E-state index < -0.39 is 74.3 Å². The van der Waals surface area contributed by atoms with Crippen molar-refractivity contribution >= 4 is 0 Å². The van der Waals surface area contributed by atoms with Gasteiger partial charge in [-0.2, -0.15) is 0 Å². The molecule has 0 bridgehead atoms. The third kappa shape index (κ3) is 3.66. The molecule has 2 aliphatic heterocycles. The zero-order chi connectivity index (χ0) is 17.3. The van der Waals surface area contributed by atoms with Crippen LogP contribution in [0.2, 0.25) is 0 Å². The van der Waals surface area contributed by atoms with Crippen LogP contribution >= 0.6 is 0 Å². The molecule has 2 fully saturated rings. The zero-order valence-electron chi connectivity index (χ0n) is 12.8. The summed E-state index contributed by atoms with van der Waals surface area (Å²) in [5, 5.41) is 48.5. The van der Waals surface area contributed by atoms with E-state index in [1.54, 1.807) is 6.92 Å². The van der Waals surface area contributed by atoms with Gasteiger partial charge in [-0.05, 0) is 6.92 Å². The van der Waals surface area contributed by atoms with Crippen LogP contribution in [0.4, 0.5) is 0 Å². The second kappa shape index (κ2) is 7.66. The lowest BCUT2D eigenvalue weighted by atomic mass is 9.93. The Morgan fingerprint density at radius 1 is 0.870 bits per heavy atom. The third-order valence-corrected chi connectivity index (χ3v) is 4.43. The normalized spacial score (nSPS) is 51.7. The molecule has 10 atom stereocenters. The van der Waals surface area contributed by atoms with Crippen molar-refractivity contribution in [3.8, 4) is 0 Å². The average Bonchev–Trinajstić information content (AvgIpc) is 2.55. The SMILES string of the molecule is CC1OC(CO)[C@@H](O[C@@H]2OC(CO)[C@@H](O)C(O)C2N)C(O)C1N. The van der Waals surface area contributed by atoms with Gasteiger partial charge in [0, 0.05) is 0 Å². The van der Waals surface area contributed by atoms with E-state index in [2.05, 4.69) is 0 Å². The third-order valence-electron chi connectivity index (χ3n) is 4.43. The van der Waals surface area contributed by atoms with Crippen molar-refractivity contribution in [3.05, 3.63) is 0 Å². The Balaban J connectivity index is 2.11. The summed E-state index contributed by atoms with van der Waals surface area (Å²) in [5.74, 6) is 0. The zero-order valence-corrected chi connectivity index (χ0v) is 12.8. The maximum Gasteiger partial charge on any atom is 0.176 e. The van der Waals surface area contributed by atoms with Crippen molar-refractivity contribution < 1.29 is 39.7 Å². The van der Waals surface area contributed by atoms with Crippen LogP contribution in [-0.4, -0.2) is 99.8 Å². The highest BCUT2D eigenvalue weighted by atomic mass is 16.7. The fourth-order valence-corrected chi connectivity index (χ4v) is 2.86. The van der Waals surface area contributed by atoms with Gasteiger partial charge in [-0.3, -0.25) is 0 Å². The van der Waals surface area contributed by atoms with Crippen LogP contribution in [0.3, 0.4) is 0 Å². The fraction of sp³-hybridized carbons (Fsp3) is 1.00. The van der Waals surface area contributed by atoms with Gasteiger partial charge < -0.3 is 51.2 Å². The number of rotatable bonds is 4. The minimum atomic E-state index is -1.38. The van der Waals surface area contributed by atoms with Crippen molar-refractivity contribution in [3.63, 3.8) is 0 Å². The molecule has 2 rings (SSSR count). The Morgan fingerprint density at radius 3 is 2.04 bits per heavy atom. The van der Waals surface area contributed by atoms with Gasteiger partial charge in [0.15, 0.2) is 6.29 Å². The lowest BCUT2D eigenvalue weighted by molar-refractivity contribution is -0.310. The summed E-state index contributed by atoms with van der Waals surface area (Å²) in [5.41, 5.74) is 11.6. The molecule has 0 aliphatic carbocycles. The summed E-state index contributed by atoms with van der Waals surface area (Å²) in [6.45, 7) is 0.696. The molecule has 0 aromatic heterocycles. The van der Waals surface area contributed by atoms with Gasteiger partial charge in [-0.25, -0.2) is 0 Å². The Morgan fingerprint density at radius 2 is 1.48 bits per heavy atom. The summed E-state index contributed by atoms with van der Waals surface area (Å²) in [6.07, 6.45) is -8.58. The number of aliphatic hydroxyl groups excluding tert-OH is 5. The summed E-state index contributed by atoms with van der Waals surface area (Å²) >= 11 is 0. The van der Waals surface area contributed by atoms with Crippen LogP contribution in [0, 0.1) is 0 Å².